The number of unbranched alkanes of at least 4 members (excludes halogenated alkanes) is 4. The second-order valence-electron chi connectivity index (χ2n) is 4.64. The molecule has 0 fully saturated rings. The SMILES string of the molecule is CCCCCCC(CCCC)COP(=O)(O)O.[KH]. The van der Waals surface area contributed by atoms with Gasteiger partial charge in [0.2, 0.25) is 0 Å². The Morgan fingerprint density at radius 1 is 1.00 bits per heavy atom. The molecule has 0 aliphatic rings. The van der Waals surface area contributed by atoms with E-state index in [4.69, 9.17) is 9.79 Å². The number of hydrogen-bond donors (Lipinski definition) is 2. The summed E-state index contributed by atoms with van der Waals surface area (Å²) >= 11 is 0. The molecule has 2 N–H and O–H groups in total. The van der Waals surface area contributed by atoms with Gasteiger partial charge in [0.15, 0.2) is 0 Å². The average Bonchev–Trinajstić information content (AvgIpc) is 2.25. The molecule has 0 saturated heterocycles. The van der Waals surface area contributed by atoms with Crippen LogP contribution >= 0.6 is 7.82 Å². The van der Waals surface area contributed by atoms with E-state index in [0.29, 0.717) is 5.92 Å². The Morgan fingerprint density at radius 3 is 2.06 bits per heavy atom. The first-order chi connectivity index (χ1) is 7.99. The molecule has 1 unspecified atom stereocenters. The van der Waals surface area contributed by atoms with Crippen molar-refractivity contribution in [2.45, 2.75) is 65.2 Å². The number of hydrogen-bond acceptors (Lipinski definition) is 2. The van der Waals surface area contributed by atoms with Crippen molar-refractivity contribution in [3.8, 4) is 0 Å². The normalized spacial score (nSPS) is 13.1. The first-order valence-electron chi connectivity index (χ1n) is 6.69. The molecule has 4 nitrogen and oxygen atoms in total. The van der Waals surface area contributed by atoms with Gasteiger partial charge in [-0.05, 0) is 18.8 Å². The van der Waals surface area contributed by atoms with Crippen LogP contribution in [-0.4, -0.2) is 67.8 Å². The maximum atomic E-state index is 10.7. The molecule has 0 aliphatic heterocycles. The predicted molar refractivity (Wildman–Crippen MR) is 76.9 cm³/mol. The summed E-state index contributed by atoms with van der Waals surface area (Å²) in [5, 5.41) is 0. The zero-order chi connectivity index (χ0) is 13.1. The van der Waals surface area contributed by atoms with Gasteiger partial charge in [-0.2, -0.15) is 0 Å². The molecule has 0 aliphatic carbocycles. The Morgan fingerprint density at radius 2 is 1.56 bits per heavy atom. The maximum absolute atomic E-state index is 10.7. The minimum absolute atomic E-state index is 0. The van der Waals surface area contributed by atoms with Gasteiger partial charge in [0.25, 0.3) is 0 Å². The Labute approximate surface area is 154 Å². The molecular weight excluding hydrogens is 278 g/mol. The van der Waals surface area contributed by atoms with Gasteiger partial charge in [-0.25, -0.2) is 4.57 Å². The summed E-state index contributed by atoms with van der Waals surface area (Å²) in [6, 6.07) is 0. The second kappa shape index (κ2) is 13.7. The van der Waals surface area contributed by atoms with Crippen LogP contribution in [-0.2, 0) is 9.09 Å². The van der Waals surface area contributed by atoms with E-state index in [9.17, 15) is 4.57 Å². The van der Waals surface area contributed by atoms with Crippen molar-refractivity contribution in [1.82, 2.24) is 0 Å². The Balaban J connectivity index is 0. The van der Waals surface area contributed by atoms with Crippen molar-refractivity contribution >= 4 is 59.2 Å². The van der Waals surface area contributed by atoms with Gasteiger partial charge in [0.1, 0.15) is 0 Å². The van der Waals surface area contributed by atoms with Crippen LogP contribution in [0.2, 0.25) is 0 Å². The molecule has 18 heavy (non-hydrogen) atoms. The molecule has 0 heterocycles. The van der Waals surface area contributed by atoms with Gasteiger partial charge in [-0.3, -0.25) is 4.52 Å². The number of rotatable bonds is 11. The third-order valence-electron chi connectivity index (χ3n) is 2.91. The van der Waals surface area contributed by atoms with Crippen LogP contribution in [0, 0.1) is 5.92 Å². The summed E-state index contributed by atoms with van der Waals surface area (Å²) in [6.07, 6.45) is 9.01. The fourth-order valence-electron chi connectivity index (χ4n) is 1.87. The topological polar surface area (TPSA) is 66.8 Å². The van der Waals surface area contributed by atoms with Gasteiger partial charge >= 0.3 is 59.2 Å². The summed E-state index contributed by atoms with van der Waals surface area (Å²) in [6.45, 7) is 4.49. The van der Waals surface area contributed by atoms with Crippen molar-refractivity contribution in [3.63, 3.8) is 0 Å². The van der Waals surface area contributed by atoms with E-state index in [1.807, 2.05) is 0 Å². The summed E-state index contributed by atoms with van der Waals surface area (Å²) in [7, 11) is -4.30. The minimum atomic E-state index is -4.30. The van der Waals surface area contributed by atoms with Crippen LogP contribution in [0.25, 0.3) is 0 Å². The van der Waals surface area contributed by atoms with E-state index < -0.39 is 7.82 Å². The molecule has 6 heteroatoms. The van der Waals surface area contributed by atoms with E-state index in [1.54, 1.807) is 0 Å². The fraction of sp³-hybridized carbons (Fsp3) is 1.00. The summed E-state index contributed by atoms with van der Waals surface area (Å²) in [5.74, 6) is 0.291. The van der Waals surface area contributed by atoms with Gasteiger partial charge in [0, 0.05) is 0 Å². The number of phosphoric acid groups is 1. The molecule has 0 bridgehead atoms. The zero-order valence-electron chi connectivity index (χ0n) is 11.1. The molecule has 0 aromatic carbocycles. The molecule has 0 aromatic heterocycles. The van der Waals surface area contributed by atoms with Gasteiger partial charge < -0.3 is 9.79 Å². The monoisotopic (exact) mass is 306 g/mol. The van der Waals surface area contributed by atoms with Crippen molar-refractivity contribution in [3.05, 3.63) is 0 Å². The zero-order valence-corrected chi connectivity index (χ0v) is 12.0. The fourth-order valence-corrected chi connectivity index (χ4v) is 2.27. The van der Waals surface area contributed by atoms with Crippen LogP contribution in [0.5, 0.6) is 0 Å². The summed E-state index contributed by atoms with van der Waals surface area (Å²) in [5.41, 5.74) is 0. The molecule has 0 radical (unpaired) electrons. The van der Waals surface area contributed by atoms with E-state index in [0.717, 1.165) is 32.1 Å². The predicted octanol–water partition coefficient (Wildman–Crippen LogP) is 3.22. The van der Waals surface area contributed by atoms with E-state index in [-0.39, 0.29) is 58.0 Å². The number of phosphoric ester groups is 1. The first kappa shape index (κ1) is 22.0. The van der Waals surface area contributed by atoms with Crippen molar-refractivity contribution < 1.29 is 18.9 Å². The summed E-state index contributed by atoms with van der Waals surface area (Å²) in [4.78, 5) is 17.4. The standard InChI is InChI=1S/C12H27O4P.K.H/c1-3-5-7-8-10-12(9-6-4-2)11-16-17(13,14)15;;/h12H,3-11H2,1-2H3,(H2,13,14,15);;. The van der Waals surface area contributed by atoms with Crippen LogP contribution in [0.3, 0.4) is 0 Å². The van der Waals surface area contributed by atoms with Crippen LogP contribution < -0.4 is 0 Å². The first-order valence-corrected chi connectivity index (χ1v) is 8.22. The van der Waals surface area contributed by atoms with Crippen molar-refractivity contribution in [2.75, 3.05) is 6.61 Å². The van der Waals surface area contributed by atoms with Crippen molar-refractivity contribution in [2.24, 2.45) is 5.92 Å². The molecular formula is C12H28KO4P. The van der Waals surface area contributed by atoms with Crippen LogP contribution in [0.4, 0.5) is 0 Å². The van der Waals surface area contributed by atoms with Crippen LogP contribution in [0.1, 0.15) is 65.2 Å². The van der Waals surface area contributed by atoms with Crippen molar-refractivity contribution in [1.29, 1.82) is 0 Å². The second-order valence-corrected chi connectivity index (χ2v) is 5.88. The molecule has 0 aromatic rings. The Bertz CT molecular complexity index is 220. The van der Waals surface area contributed by atoms with Gasteiger partial charge in [-0.1, -0.05) is 52.4 Å². The molecule has 0 rings (SSSR count). The summed E-state index contributed by atoms with van der Waals surface area (Å²) < 4.78 is 15.3. The average molecular weight is 306 g/mol. The Kier molecular flexibility index (Phi) is 16.8. The van der Waals surface area contributed by atoms with Crippen LogP contribution in [0.15, 0.2) is 0 Å². The molecule has 0 amide bonds. The van der Waals surface area contributed by atoms with E-state index in [2.05, 4.69) is 18.4 Å². The Hall–Kier alpha value is 1.75. The van der Waals surface area contributed by atoms with Gasteiger partial charge in [0.05, 0.1) is 6.61 Å². The molecule has 0 saturated carbocycles. The quantitative estimate of drug-likeness (QED) is 0.349. The van der Waals surface area contributed by atoms with E-state index in [1.165, 1.54) is 19.3 Å². The third kappa shape index (κ3) is 15.8. The third-order valence-corrected chi connectivity index (χ3v) is 3.40. The molecule has 106 valence electrons. The molecule has 0 spiro atoms. The van der Waals surface area contributed by atoms with E-state index >= 15 is 0 Å². The molecule has 1 atom stereocenters. The van der Waals surface area contributed by atoms with Gasteiger partial charge in [-0.15, -0.1) is 0 Å².